The first-order valence-electron chi connectivity index (χ1n) is 7.42. The lowest BCUT2D eigenvalue weighted by Gasteiger charge is -2.10. The third kappa shape index (κ3) is 2.97. The van der Waals surface area contributed by atoms with Gasteiger partial charge in [0.15, 0.2) is 0 Å². The molecular formula is C18H19NO2S. The van der Waals surface area contributed by atoms with Crippen molar-refractivity contribution in [2.75, 3.05) is 6.61 Å². The van der Waals surface area contributed by atoms with Crippen molar-refractivity contribution in [1.82, 2.24) is 0 Å². The summed E-state index contributed by atoms with van der Waals surface area (Å²) in [5.41, 5.74) is 1.98. The van der Waals surface area contributed by atoms with E-state index in [0.717, 1.165) is 16.0 Å². The zero-order valence-corrected chi connectivity index (χ0v) is 13.5. The monoisotopic (exact) mass is 313 g/mol. The highest BCUT2D eigenvalue weighted by Gasteiger charge is 2.25. The molecule has 0 radical (unpaired) electrons. The van der Waals surface area contributed by atoms with Gasteiger partial charge < -0.3 is 4.74 Å². The van der Waals surface area contributed by atoms with Gasteiger partial charge in [-0.2, -0.15) is 0 Å². The summed E-state index contributed by atoms with van der Waals surface area (Å²) in [5.74, 6) is 0.596. The molecule has 0 saturated heterocycles. The maximum Gasteiger partial charge on any atom is 0.218 e. The SMILES string of the molecule is CC(C)[S@](=O)c1ccccc1C1=N[C@H](c2ccccc2)CO1. The molecule has 0 bridgehead atoms. The van der Waals surface area contributed by atoms with Crippen molar-refractivity contribution >= 4 is 16.7 Å². The molecule has 1 aliphatic rings. The summed E-state index contributed by atoms with van der Waals surface area (Å²) in [6.07, 6.45) is 0. The summed E-state index contributed by atoms with van der Waals surface area (Å²) >= 11 is 0. The Kier molecular flexibility index (Phi) is 4.39. The molecule has 114 valence electrons. The van der Waals surface area contributed by atoms with Gasteiger partial charge in [-0.05, 0) is 17.7 Å². The molecule has 0 aromatic heterocycles. The second-order valence-corrected chi connectivity index (χ2v) is 7.49. The van der Waals surface area contributed by atoms with Crippen molar-refractivity contribution in [3.63, 3.8) is 0 Å². The van der Waals surface area contributed by atoms with Crippen molar-refractivity contribution in [2.45, 2.75) is 30.0 Å². The molecule has 1 aliphatic heterocycles. The van der Waals surface area contributed by atoms with E-state index in [1.165, 1.54) is 0 Å². The van der Waals surface area contributed by atoms with Crippen LogP contribution >= 0.6 is 0 Å². The van der Waals surface area contributed by atoms with Gasteiger partial charge in [-0.25, -0.2) is 4.99 Å². The van der Waals surface area contributed by atoms with Gasteiger partial charge in [0.25, 0.3) is 0 Å². The average molecular weight is 313 g/mol. The van der Waals surface area contributed by atoms with E-state index in [-0.39, 0.29) is 11.3 Å². The van der Waals surface area contributed by atoms with Crippen molar-refractivity contribution in [2.24, 2.45) is 4.99 Å². The van der Waals surface area contributed by atoms with Crippen molar-refractivity contribution in [3.05, 3.63) is 65.7 Å². The predicted molar refractivity (Wildman–Crippen MR) is 89.7 cm³/mol. The Balaban J connectivity index is 1.94. The first kappa shape index (κ1) is 15.0. The number of hydrogen-bond donors (Lipinski definition) is 0. The van der Waals surface area contributed by atoms with Gasteiger partial charge in [0.05, 0.1) is 21.3 Å². The predicted octanol–water partition coefficient (Wildman–Crippen LogP) is 3.72. The molecule has 3 rings (SSSR count). The molecule has 0 unspecified atom stereocenters. The Bertz CT molecular complexity index is 710. The minimum atomic E-state index is -1.06. The Morgan fingerprint density at radius 2 is 1.77 bits per heavy atom. The summed E-state index contributed by atoms with van der Waals surface area (Å²) in [4.78, 5) is 5.49. The first-order valence-corrected chi connectivity index (χ1v) is 8.63. The van der Waals surface area contributed by atoms with Crippen LogP contribution < -0.4 is 0 Å². The van der Waals surface area contributed by atoms with Crippen LogP contribution in [0.3, 0.4) is 0 Å². The van der Waals surface area contributed by atoms with Crippen molar-refractivity contribution in [1.29, 1.82) is 0 Å². The lowest BCUT2D eigenvalue weighted by molar-refractivity contribution is 0.319. The maximum absolute atomic E-state index is 12.5. The van der Waals surface area contributed by atoms with Crippen molar-refractivity contribution < 1.29 is 8.95 Å². The topological polar surface area (TPSA) is 38.7 Å². The van der Waals surface area contributed by atoms with Gasteiger partial charge in [0, 0.05) is 5.25 Å². The second kappa shape index (κ2) is 6.44. The molecule has 0 fully saturated rings. The number of nitrogens with zero attached hydrogens (tertiary/aromatic N) is 1. The average Bonchev–Trinajstić information content (AvgIpc) is 3.05. The molecule has 4 heteroatoms. The van der Waals surface area contributed by atoms with Gasteiger partial charge in [-0.1, -0.05) is 56.3 Å². The quantitative estimate of drug-likeness (QED) is 0.863. The smallest absolute Gasteiger partial charge is 0.218 e. The maximum atomic E-state index is 12.5. The minimum absolute atomic E-state index is 0.0109. The summed E-state index contributed by atoms with van der Waals surface area (Å²) < 4.78 is 18.3. The lowest BCUT2D eigenvalue weighted by Crippen LogP contribution is -2.12. The summed E-state index contributed by atoms with van der Waals surface area (Å²) in [6, 6.07) is 17.8. The molecule has 3 nitrogen and oxygen atoms in total. The van der Waals surface area contributed by atoms with Gasteiger partial charge in [0.2, 0.25) is 5.90 Å². The number of hydrogen-bond acceptors (Lipinski definition) is 3. The van der Waals surface area contributed by atoms with Gasteiger partial charge in [-0.3, -0.25) is 4.21 Å². The highest BCUT2D eigenvalue weighted by Crippen LogP contribution is 2.27. The standard InChI is InChI=1S/C18H19NO2S/c1-13(2)22(20)17-11-7-6-10-15(17)18-19-16(12-21-18)14-8-4-3-5-9-14/h3-11,13,16H,12H2,1-2H3/t16-,22-/m0/s1. The van der Waals surface area contributed by atoms with Crippen LogP contribution in [0.15, 0.2) is 64.5 Å². The number of aliphatic imine (C=N–C) groups is 1. The van der Waals surface area contributed by atoms with E-state index < -0.39 is 10.8 Å². The third-order valence-corrected chi connectivity index (χ3v) is 5.24. The van der Waals surface area contributed by atoms with Gasteiger partial charge in [0.1, 0.15) is 12.6 Å². The Morgan fingerprint density at radius 1 is 1.09 bits per heavy atom. The normalized spacial score (nSPS) is 18.9. The fourth-order valence-corrected chi connectivity index (χ4v) is 3.53. The van der Waals surface area contributed by atoms with Crippen LogP contribution in [-0.4, -0.2) is 22.0 Å². The Hall–Kier alpha value is -1.94. The van der Waals surface area contributed by atoms with Crippen LogP contribution in [0.1, 0.15) is 31.0 Å². The summed E-state index contributed by atoms with van der Waals surface area (Å²) in [6.45, 7) is 4.44. The minimum Gasteiger partial charge on any atom is -0.475 e. The van der Waals surface area contributed by atoms with Crippen LogP contribution in [-0.2, 0) is 15.5 Å². The molecule has 0 amide bonds. The number of ether oxygens (including phenoxy) is 1. The molecule has 0 N–H and O–H groups in total. The summed E-state index contributed by atoms with van der Waals surface area (Å²) in [7, 11) is -1.06. The largest absolute Gasteiger partial charge is 0.475 e. The molecule has 0 aliphatic carbocycles. The van der Waals surface area contributed by atoms with Gasteiger partial charge in [-0.15, -0.1) is 0 Å². The van der Waals surface area contributed by atoms with Crippen LogP contribution in [0.2, 0.25) is 0 Å². The Labute approximate surface area is 133 Å². The molecule has 22 heavy (non-hydrogen) atoms. The molecule has 0 saturated carbocycles. The highest BCUT2D eigenvalue weighted by molar-refractivity contribution is 7.85. The lowest BCUT2D eigenvalue weighted by atomic mass is 10.1. The van der Waals surface area contributed by atoms with E-state index in [2.05, 4.69) is 12.1 Å². The molecule has 1 heterocycles. The van der Waals surface area contributed by atoms with Crippen LogP contribution in [0.25, 0.3) is 0 Å². The third-order valence-electron chi connectivity index (χ3n) is 3.60. The van der Waals surface area contributed by atoms with E-state index in [4.69, 9.17) is 9.73 Å². The number of benzene rings is 2. The molecule has 2 aromatic carbocycles. The fraction of sp³-hybridized carbons (Fsp3) is 0.278. The zero-order valence-electron chi connectivity index (χ0n) is 12.7. The molecule has 0 spiro atoms. The van der Waals surface area contributed by atoms with E-state index in [1.807, 2.05) is 56.3 Å². The van der Waals surface area contributed by atoms with E-state index in [9.17, 15) is 4.21 Å². The zero-order chi connectivity index (χ0) is 15.5. The summed E-state index contributed by atoms with van der Waals surface area (Å²) in [5, 5.41) is 0.0630. The number of rotatable bonds is 4. The van der Waals surface area contributed by atoms with Crippen LogP contribution in [0.4, 0.5) is 0 Å². The molecule has 2 aromatic rings. The van der Waals surface area contributed by atoms with Crippen LogP contribution in [0.5, 0.6) is 0 Å². The van der Waals surface area contributed by atoms with Gasteiger partial charge >= 0.3 is 0 Å². The molecule has 2 atom stereocenters. The Morgan fingerprint density at radius 3 is 2.50 bits per heavy atom. The second-order valence-electron chi connectivity index (χ2n) is 5.51. The van der Waals surface area contributed by atoms with E-state index >= 15 is 0 Å². The van der Waals surface area contributed by atoms with E-state index in [1.54, 1.807) is 0 Å². The fourth-order valence-electron chi connectivity index (χ4n) is 2.44. The van der Waals surface area contributed by atoms with Crippen LogP contribution in [0, 0.1) is 0 Å². The first-order chi connectivity index (χ1) is 10.7. The molecular weight excluding hydrogens is 294 g/mol. The van der Waals surface area contributed by atoms with Crippen molar-refractivity contribution in [3.8, 4) is 0 Å². The van der Waals surface area contributed by atoms with E-state index in [0.29, 0.717) is 12.5 Å². The highest BCUT2D eigenvalue weighted by atomic mass is 32.2.